The molecular formula is C20H20ClFN2O3. The lowest BCUT2D eigenvalue weighted by molar-refractivity contribution is -0.117. The third-order valence-corrected chi connectivity index (χ3v) is 4.92. The number of amides is 2. The molecule has 142 valence electrons. The summed E-state index contributed by atoms with van der Waals surface area (Å²) in [5.41, 5.74) is 1.54. The highest BCUT2D eigenvalue weighted by atomic mass is 35.5. The summed E-state index contributed by atoms with van der Waals surface area (Å²) in [6.45, 7) is 2.35. The Balaban J connectivity index is 1.78. The van der Waals surface area contributed by atoms with Crippen molar-refractivity contribution < 1.29 is 18.7 Å². The van der Waals surface area contributed by atoms with E-state index in [0.717, 1.165) is 6.42 Å². The van der Waals surface area contributed by atoms with Crippen LogP contribution in [-0.4, -0.2) is 25.5 Å². The SMILES string of the molecule is COc1ccc(C(C)NC(=O)c2ccc(Cl)c(N3CCCC3=O)c2)cc1F. The molecule has 1 fully saturated rings. The van der Waals surface area contributed by atoms with Gasteiger partial charge in [0, 0.05) is 18.5 Å². The molecule has 1 heterocycles. The first kappa shape index (κ1) is 19.2. The van der Waals surface area contributed by atoms with Crippen molar-refractivity contribution in [2.24, 2.45) is 0 Å². The third-order valence-electron chi connectivity index (χ3n) is 4.60. The van der Waals surface area contributed by atoms with E-state index in [-0.39, 0.29) is 17.6 Å². The zero-order valence-electron chi connectivity index (χ0n) is 15.1. The average Bonchev–Trinajstić information content (AvgIpc) is 3.07. The van der Waals surface area contributed by atoms with Crippen LogP contribution in [0.3, 0.4) is 0 Å². The van der Waals surface area contributed by atoms with E-state index >= 15 is 0 Å². The van der Waals surface area contributed by atoms with Crippen molar-refractivity contribution in [1.29, 1.82) is 0 Å². The van der Waals surface area contributed by atoms with E-state index < -0.39 is 11.9 Å². The number of carbonyl (C=O) groups excluding carboxylic acids is 2. The van der Waals surface area contributed by atoms with Gasteiger partial charge in [-0.05, 0) is 49.2 Å². The number of hydrogen-bond acceptors (Lipinski definition) is 3. The fourth-order valence-corrected chi connectivity index (χ4v) is 3.30. The van der Waals surface area contributed by atoms with Crippen molar-refractivity contribution in [3.8, 4) is 5.75 Å². The van der Waals surface area contributed by atoms with Gasteiger partial charge < -0.3 is 15.0 Å². The molecule has 2 aromatic carbocycles. The number of carbonyl (C=O) groups is 2. The number of nitrogens with zero attached hydrogens (tertiary/aromatic N) is 1. The molecule has 2 amide bonds. The standard InChI is InChI=1S/C20H20ClFN2O3/c1-12(13-6-8-18(27-2)16(22)10-13)23-20(26)14-5-7-15(21)17(11-14)24-9-3-4-19(24)25/h5-8,10-12H,3-4,9H2,1-2H3,(H,23,26). The molecule has 27 heavy (non-hydrogen) atoms. The van der Waals surface area contributed by atoms with Crippen LogP contribution in [0.5, 0.6) is 5.75 Å². The molecule has 2 aromatic rings. The summed E-state index contributed by atoms with van der Waals surface area (Å²) in [5, 5.41) is 3.26. The predicted octanol–water partition coefficient (Wildman–Crippen LogP) is 4.11. The highest BCUT2D eigenvalue weighted by Gasteiger charge is 2.24. The van der Waals surface area contributed by atoms with Gasteiger partial charge >= 0.3 is 0 Å². The van der Waals surface area contributed by atoms with Crippen LogP contribution in [-0.2, 0) is 4.79 Å². The van der Waals surface area contributed by atoms with Gasteiger partial charge in [-0.15, -0.1) is 0 Å². The van der Waals surface area contributed by atoms with E-state index in [1.807, 2.05) is 0 Å². The number of benzene rings is 2. The van der Waals surface area contributed by atoms with Crippen molar-refractivity contribution >= 4 is 29.1 Å². The highest BCUT2D eigenvalue weighted by Crippen LogP contribution is 2.30. The predicted molar refractivity (Wildman–Crippen MR) is 102 cm³/mol. The monoisotopic (exact) mass is 390 g/mol. The summed E-state index contributed by atoms with van der Waals surface area (Å²) in [7, 11) is 1.40. The van der Waals surface area contributed by atoms with E-state index in [4.69, 9.17) is 16.3 Å². The molecule has 0 radical (unpaired) electrons. The van der Waals surface area contributed by atoms with Crippen LogP contribution in [0, 0.1) is 5.82 Å². The maximum Gasteiger partial charge on any atom is 0.251 e. The molecule has 1 atom stereocenters. The number of rotatable bonds is 5. The average molecular weight is 391 g/mol. The molecule has 3 rings (SSSR count). The number of anilines is 1. The first-order valence-corrected chi connectivity index (χ1v) is 9.02. The number of hydrogen-bond donors (Lipinski definition) is 1. The quantitative estimate of drug-likeness (QED) is 0.836. The normalized spacial score (nSPS) is 15.0. The smallest absolute Gasteiger partial charge is 0.251 e. The molecule has 7 heteroatoms. The van der Waals surface area contributed by atoms with Gasteiger partial charge in [0.2, 0.25) is 5.91 Å². The third kappa shape index (κ3) is 4.06. The minimum absolute atomic E-state index is 0.00321. The maximum absolute atomic E-state index is 13.9. The Morgan fingerprint density at radius 2 is 2.07 bits per heavy atom. The van der Waals surface area contributed by atoms with Crippen LogP contribution >= 0.6 is 11.6 Å². The lowest BCUT2D eigenvalue weighted by Crippen LogP contribution is -2.28. The van der Waals surface area contributed by atoms with Crippen LogP contribution in [0.25, 0.3) is 0 Å². The first-order chi connectivity index (χ1) is 12.9. The van der Waals surface area contributed by atoms with Crippen molar-refractivity contribution in [2.75, 3.05) is 18.6 Å². The zero-order valence-corrected chi connectivity index (χ0v) is 15.8. The van der Waals surface area contributed by atoms with Crippen molar-refractivity contribution in [3.05, 3.63) is 58.4 Å². The van der Waals surface area contributed by atoms with Gasteiger partial charge in [0.25, 0.3) is 5.91 Å². The second kappa shape index (κ2) is 7.96. The Hall–Kier alpha value is -2.60. The summed E-state index contributed by atoms with van der Waals surface area (Å²) >= 11 is 6.21. The molecule has 1 N–H and O–H groups in total. The van der Waals surface area contributed by atoms with Gasteiger partial charge in [0.15, 0.2) is 11.6 Å². The molecule has 0 aliphatic carbocycles. The maximum atomic E-state index is 13.9. The van der Waals surface area contributed by atoms with Gasteiger partial charge in [-0.1, -0.05) is 17.7 Å². The molecule has 0 spiro atoms. The van der Waals surface area contributed by atoms with E-state index in [1.54, 1.807) is 36.1 Å². The number of nitrogens with one attached hydrogen (secondary N) is 1. The van der Waals surface area contributed by atoms with E-state index in [1.165, 1.54) is 19.2 Å². The Morgan fingerprint density at radius 1 is 1.30 bits per heavy atom. The molecular weight excluding hydrogens is 371 g/mol. The Morgan fingerprint density at radius 3 is 2.70 bits per heavy atom. The van der Waals surface area contributed by atoms with Crippen LogP contribution in [0.4, 0.5) is 10.1 Å². The van der Waals surface area contributed by atoms with Crippen molar-refractivity contribution in [1.82, 2.24) is 5.32 Å². The van der Waals surface area contributed by atoms with Crippen LogP contribution < -0.4 is 15.0 Å². The van der Waals surface area contributed by atoms with Gasteiger partial charge in [0.05, 0.1) is 23.9 Å². The topological polar surface area (TPSA) is 58.6 Å². The van der Waals surface area contributed by atoms with Crippen LogP contribution in [0.15, 0.2) is 36.4 Å². The minimum Gasteiger partial charge on any atom is -0.494 e. The lowest BCUT2D eigenvalue weighted by Gasteiger charge is -2.19. The Bertz CT molecular complexity index is 888. The fraction of sp³-hybridized carbons (Fsp3) is 0.300. The van der Waals surface area contributed by atoms with Crippen LogP contribution in [0.2, 0.25) is 5.02 Å². The Labute approximate surface area is 162 Å². The molecule has 5 nitrogen and oxygen atoms in total. The van der Waals surface area contributed by atoms with Gasteiger partial charge in [-0.25, -0.2) is 4.39 Å². The van der Waals surface area contributed by atoms with E-state index in [0.29, 0.717) is 34.8 Å². The van der Waals surface area contributed by atoms with Gasteiger partial charge in [-0.3, -0.25) is 9.59 Å². The Kier molecular flexibility index (Phi) is 5.65. The molecule has 1 saturated heterocycles. The highest BCUT2D eigenvalue weighted by molar-refractivity contribution is 6.34. The summed E-state index contributed by atoms with van der Waals surface area (Å²) in [6.07, 6.45) is 1.25. The fourth-order valence-electron chi connectivity index (χ4n) is 3.08. The molecule has 1 unspecified atom stereocenters. The molecule has 1 aliphatic heterocycles. The first-order valence-electron chi connectivity index (χ1n) is 8.65. The van der Waals surface area contributed by atoms with E-state index in [2.05, 4.69) is 5.32 Å². The van der Waals surface area contributed by atoms with Gasteiger partial charge in [0.1, 0.15) is 0 Å². The zero-order chi connectivity index (χ0) is 19.6. The molecule has 1 aliphatic rings. The molecule has 0 aromatic heterocycles. The minimum atomic E-state index is -0.488. The second-order valence-corrected chi connectivity index (χ2v) is 6.81. The number of ether oxygens (including phenoxy) is 1. The molecule has 0 bridgehead atoms. The summed E-state index contributed by atoms with van der Waals surface area (Å²) in [6, 6.07) is 8.96. The largest absolute Gasteiger partial charge is 0.494 e. The number of methoxy groups -OCH3 is 1. The molecule has 0 saturated carbocycles. The van der Waals surface area contributed by atoms with Gasteiger partial charge in [-0.2, -0.15) is 0 Å². The van der Waals surface area contributed by atoms with E-state index in [9.17, 15) is 14.0 Å². The van der Waals surface area contributed by atoms with Crippen LogP contribution in [0.1, 0.15) is 41.7 Å². The summed E-state index contributed by atoms with van der Waals surface area (Å²) in [4.78, 5) is 26.2. The summed E-state index contributed by atoms with van der Waals surface area (Å²) in [5.74, 6) is -0.674. The lowest BCUT2D eigenvalue weighted by atomic mass is 10.1. The number of halogens is 2. The second-order valence-electron chi connectivity index (χ2n) is 6.40. The summed E-state index contributed by atoms with van der Waals surface area (Å²) < 4.78 is 18.8. The van der Waals surface area contributed by atoms with Crippen molar-refractivity contribution in [2.45, 2.75) is 25.8 Å². The van der Waals surface area contributed by atoms with Crippen molar-refractivity contribution in [3.63, 3.8) is 0 Å².